The molecule has 1 aliphatic carbocycles. The molecule has 2 aromatic heterocycles. The minimum atomic E-state index is -0.256. The number of fused-ring (bicyclic) bond motifs is 3. The normalized spacial score (nSPS) is 13.8. The summed E-state index contributed by atoms with van der Waals surface area (Å²) in [6.45, 7) is 8.69. The third kappa shape index (κ3) is 3.78. The maximum Gasteiger partial charge on any atom is 0.337 e. The topological polar surface area (TPSA) is 44.0 Å². The summed E-state index contributed by atoms with van der Waals surface area (Å²) in [4.78, 5) is 29.9. The Hall–Kier alpha value is -2.92. The third-order valence-electron chi connectivity index (χ3n) is 7.07. The van der Waals surface area contributed by atoms with E-state index in [0.717, 1.165) is 58.2 Å². The first-order chi connectivity index (χ1) is 15.8. The maximum atomic E-state index is 13.9. The van der Waals surface area contributed by atoms with Gasteiger partial charge in [-0.05, 0) is 93.3 Å². The van der Waals surface area contributed by atoms with Crippen LogP contribution in [0.4, 0.5) is 0 Å². The molecule has 0 unspecified atom stereocenters. The molecule has 2 heterocycles. The summed E-state index contributed by atoms with van der Waals surface area (Å²) in [6, 6.07) is 12.2. The highest BCUT2D eigenvalue weighted by Gasteiger charge is 2.24. The van der Waals surface area contributed by atoms with E-state index >= 15 is 0 Å². The number of benzene rings is 2. The minimum absolute atomic E-state index is 0.171. The van der Waals surface area contributed by atoms with Crippen molar-refractivity contribution in [2.24, 2.45) is 0 Å². The van der Waals surface area contributed by atoms with Gasteiger partial charge in [0.05, 0.1) is 17.6 Å². The average Bonchev–Trinajstić information content (AvgIpc) is 2.98. The quantitative estimate of drug-likeness (QED) is 0.366. The molecular weight excluding hydrogens is 428 g/mol. The molecule has 0 aliphatic heterocycles. The fourth-order valence-electron chi connectivity index (χ4n) is 4.92. The summed E-state index contributed by atoms with van der Waals surface area (Å²) in [5.41, 5.74) is 7.06. The van der Waals surface area contributed by atoms with E-state index in [9.17, 15) is 9.59 Å². The van der Waals surface area contributed by atoms with Crippen LogP contribution in [0.5, 0.6) is 0 Å². The number of aromatic nitrogens is 2. The standard InChI is InChI=1S/C28H30N2O2S/c1-17-10-11-19(3)21(14-17)16-29-27-25(23-8-6-5-7-9-24(23)33-27)26(31)30(28(29)32)22-13-12-18(2)20(4)15-22/h10-15H,5-9,16H2,1-4H3. The molecule has 0 radical (unpaired) electrons. The van der Waals surface area contributed by atoms with E-state index in [1.807, 2.05) is 36.6 Å². The van der Waals surface area contributed by atoms with Gasteiger partial charge in [-0.25, -0.2) is 9.36 Å². The van der Waals surface area contributed by atoms with E-state index in [4.69, 9.17) is 0 Å². The zero-order chi connectivity index (χ0) is 23.3. The van der Waals surface area contributed by atoms with E-state index in [2.05, 4.69) is 32.0 Å². The molecule has 0 bridgehead atoms. The summed E-state index contributed by atoms with van der Waals surface area (Å²) in [6.07, 6.45) is 5.34. The van der Waals surface area contributed by atoms with Crippen LogP contribution in [0.2, 0.25) is 0 Å². The molecule has 4 nitrogen and oxygen atoms in total. The van der Waals surface area contributed by atoms with Crippen LogP contribution >= 0.6 is 11.3 Å². The molecule has 0 fully saturated rings. The van der Waals surface area contributed by atoms with Gasteiger partial charge in [0.15, 0.2) is 0 Å². The summed E-state index contributed by atoms with van der Waals surface area (Å²) in [7, 11) is 0. The van der Waals surface area contributed by atoms with Gasteiger partial charge < -0.3 is 0 Å². The maximum absolute atomic E-state index is 13.9. The molecule has 2 aromatic carbocycles. The van der Waals surface area contributed by atoms with Crippen molar-refractivity contribution in [3.8, 4) is 5.69 Å². The van der Waals surface area contributed by atoms with E-state index < -0.39 is 0 Å². The Morgan fingerprint density at radius 3 is 2.39 bits per heavy atom. The second-order valence-corrected chi connectivity index (χ2v) is 10.5. The highest BCUT2D eigenvalue weighted by atomic mass is 32.1. The zero-order valence-electron chi connectivity index (χ0n) is 19.8. The predicted octanol–water partition coefficient (Wildman–Crippen LogP) is 5.76. The smallest absolute Gasteiger partial charge is 0.279 e. The van der Waals surface area contributed by atoms with Crippen LogP contribution in [0.25, 0.3) is 15.9 Å². The summed E-state index contributed by atoms with van der Waals surface area (Å²) < 4.78 is 3.24. The van der Waals surface area contributed by atoms with Crippen LogP contribution in [0, 0.1) is 27.7 Å². The Labute approximate surface area is 198 Å². The van der Waals surface area contributed by atoms with Gasteiger partial charge >= 0.3 is 5.69 Å². The first-order valence-corrected chi connectivity index (χ1v) is 12.6. The molecule has 0 saturated carbocycles. The van der Waals surface area contributed by atoms with Gasteiger partial charge in [-0.2, -0.15) is 0 Å². The molecule has 170 valence electrons. The summed E-state index contributed by atoms with van der Waals surface area (Å²) in [5, 5.41) is 0.750. The lowest BCUT2D eigenvalue weighted by molar-refractivity contribution is 0.707. The van der Waals surface area contributed by atoms with Crippen LogP contribution in [-0.2, 0) is 19.4 Å². The number of nitrogens with zero attached hydrogens (tertiary/aromatic N) is 2. The number of hydrogen-bond acceptors (Lipinski definition) is 3. The van der Waals surface area contributed by atoms with Crippen molar-refractivity contribution in [2.75, 3.05) is 0 Å². The lowest BCUT2D eigenvalue weighted by atomic mass is 10.1. The van der Waals surface area contributed by atoms with Crippen molar-refractivity contribution in [3.05, 3.63) is 95.5 Å². The third-order valence-corrected chi connectivity index (χ3v) is 8.38. The largest absolute Gasteiger partial charge is 0.337 e. The van der Waals surface area contributed by atoms with Crippen molar-refractivity contribution in [2.45, 2.75) is 66.3 Å². The van der Waals surface area contributed by atoms with Crippen LogP contribution in [0.1, 0.15) is 57.5 Å². The minimum Gasteiger partial charge on any atom is -0.279 e. The second kappa shape index (κ2) is 8.45. The van der Waals surface area contributed by atoms with E-state index in [-0.39, 0.29) is 11.2 Å². The average molecular weight is 459 g/mol. The van der Waals surface area contributed by atoms with Gasteiger partial charge in [0, 0.05) is 4.88 Å². The predicted molar refractivity (Wildman–Crippen MR) is 137 cm³/mol. The van der Waals surface area contributed by atoms with Gasteiger partial charge in [-0.1, -0.05) is 36.2 Å². The van der Waals surface area contributed by atoms with E-state index in [1.165, 1.54) is 27.0 Å². The number of rotatable bonds is 3. The molecule has 5 heteroatoms. The van der Waals surface area contributed by atoms with Gasteiger partial charge in [0.1, 0.15) is 4.83 Å². The van der Waals surface area contributed by atoms with Crippen molar-refractivity contribution in [3.63, 3.8) is 0 Å². The molecule has 4 aromatic rings. The lowest BCUT2D eigenvalue weighted by Crippen LogP contribution is -2.39. The van der Waals surface area contributed by atoms with Crippen LogP contribution < -0.4 is 11.2 Å². The van der Waals surface area contributed by atoms with Crippen LogP contribution in [0.3, 0.4) is 0 Å². The number of thiophene rings is 1. The SMILES string of the molecule is Cc1ccc(C)c(Cn2c(=O)n(-c3ccc(C)c(C)c3)c(=O)c3c4c(sc32)CCCCC4)c1. The molecule has 0 N–H and O–H groups in total. The van der Waals surface area contributed by atoms with Gasteiger partial charge in [0.2, 0.25) is 0 Å². The fourth-order valence-corrected chi connectivity index (χ4v) is 6.29. The Kier molecular flexibility index (Phi) is 5.61. The molecular formula is C28H30N2O2S. The molecule has 0 atom stereocenters. The van der Waals surface area contributed by atoms with E-state index in [1.54, 1.807) is 11.3 Å². The second-order valence-electron chi connectivity index (χ2n) is 9.45. The Balaban J connectivity index is 1.84. The number of hydrogen-bond donors (Lipinski definition) is 0. The monoisotopic (exact) mass is 458 g/mol. The molecule has 33 heavy (non-hydrogen) atoms. The van der Waals surface area contributed by atoms with Gasteiger partial charge in [0.25, 0.3) is 5.56 Å². The van der Waals surface area contributed by atoms with Gasteiger partial charge in [-0.15, -0.1) is 11.3 Å². The highest BCUT2D eigenvalue weighted by Crippen LogP contribution is 2.34. The molecule has 0 saturated heterocycles. The molecule has 1 aliphatic rings. The summed E-state index contributed by atoms with van der Waals surface area (Å²) in [5.74, 6) is 0. The highest BCUT2D eigenvalue weighted by molar-refractivity contribution is 7.18. The van der Waals surface area contributed by atoms with Crippen molar-refractivity contribution >= 4 is 21.6 Å². The fraction of sp³-hybridized carbons (Fsp3) is 0.357. The first-order valence-electron chi connectivity index (χ1n) is 11.8. The van der Waals surface area contributed by atoms with Crippen molar-refractivity contribution < 1.29 is 0 Å². The van der Waals surface area contributed by atoms with Crippen molar-refractivity contribution in [1.29, 1.82) is 0 Å². The zero-order valence-corrected chi connectivity index (χ0v) is 20.6. The Morgan fingerprint density at radius 2 is 1.61 bits per heavy atom. The Morgan fingerprint density at radius 1 is 0.848 bits per heavy atom. The van der Waals surface area contributed by atoms with Crippen LogP contribution in [-0.4, -0.2) is 9.13 Å². The molecule has 0 amide bonds. The lowest BCUT2D eigenvalue weighted by Gasteiger charge is -2.15. The first kappa shape index (κ1) is 21.9. The van der Waals surface area contributed by atoms with Gasteiger partial charge in [-0.3, -0.25) is 9.36 Å². The Bertz CT molecular complexity index is 1500. The van der Waals surface area contributed by atoms with Crippen molar-refractivity contribution in [1.82, 2.24) is 9.13 Å². The molecule has 5 rings (SSSR count). The number of aryl methyl sites for hydroxylation is 6. The summed E-state index contributed by atoms with van der Waals surface area (Å²) >= 11 is 1.66. The molecule has 0 spiro atoms. The van der Waals surface area contributed by atoms with Crippen LogP contribution in [0.15, 0.2) is 46.0 Å². The van der Waals surface area contributed by atoms with E-state index in [0.29, 0.717) is 12.2 Å².